The minimum atomic E-state index is 0.151. The van der Waals surface area contributed by atoms with Crippen molar-refractivity contribution in [2.24, 2.45) is 10.9 Å². The van der Waals surface area contributed by atoms with Crippen LogP contribution in [-0.2, 0) is 0 Å². The number of nitrogens with two attached hydrogens (primary N) is 1. The Bertz CT molecular complexity index is 380. The number of methoxy groups -OCH3 is 1. The summed E-state index contributed by atoms with van der Waals surface area (Å²) in [4.78, 5) is 0. The van der Waals surface area contributed by atoms with Crippen LogP contribution in [0.15, 0.2) is 29.4 Å². The lowest BCUT2D eigenvalue weighted by atomic mass is 10.1. The lowest BCUT2D eigenvalue weighted by molar-refractivity contribution is 0.316. The Morgan fingerprint density at radius 1 is 1.53 bits per heavy atom. The molecule has 1 atom stereocenters. The van der Waals surface area contributed by atoms with Crippen molar-refractivity contribution in [1.82, 2.24) is 5.32 Å². The molecule has 5 nitrogen and oxygen atoms in total. The standard InChI is InChI=1S/C12H19N3O2/c1-9(14-8-7-12(13)15-16)10-5-3-4-6-11(10)17-2/h3-6,9,14,16H,7-8H2,1-2H3,(H2,13,15)/t9-/m1/s1. The summed E-state index contributed by atoms with van der Waals surface area (Å²) in [6.07, 6.45) is 0.510. The van der Waals surface area contributed by atoms with Gasteiger partial charge in [-0.05, 0) is 13.0 Å². The van der Waals surface area contributed by atoms with Gasteiger partial charge in [0.15, 0.2) is 0 Å². The van der Waals surface area contributed by atoms with Crippen molar-refractivity contribution in [2.45, 2.75) is 19.4 Å². The van der Waals surface area contributed by atoms with Crippen LogP contribution in [0.5, 0.6) is 5.75 Å². The summed E-state index contributed by atoms with van der Waals surface area (Å²) in [7, 11) is 1.65. The minimum Gasteiger partial charge on any atom is -0.496 e. The largest absolute Gasteiger partial charge is 0.496 e. The molecular formula is C12H19N3O2. The summed E-state index contributed by atoms with van der Waals surface area (Å²) in [6.45, 7) is 2.69. The van der Waals surface area contributed by atoms with Gasteiger partial charge in [-0.2, -0.15) is 0 Å². The molecule has 0 aliphatic rings. The number of nitrogens with zero attached hydrogens (tertiary/aromatic N) is 1. The summed E-state index contributed by atoms with van der Waals surface area (Å²) in [5.41, 5.74) is 6.48. The third-order valence-electron chi connectivity index (χ3n) is 2.57. The fourth-order valence-corrected chi connectivity index (χ4v) is 1.60. The second-order valence-corrected chi connectivity index (χ2v) is 3.76. The third-order valence-corrected chi connectivity index (χ3v) is 2.57. The first kappa shape index (κ1) is 13.3. The first-order chi connectivity index (χ1) is 8.19. The molecule has 0 saturated heterocycles. The lowest BCUT2D eigenvalue weighted by Crippen LogP contribution is -2.25. The van der Waals surface area contributed by atoms with E-state index in [2.05, 4.69) is 10.5 Å². The van der Waals surface area contributed by atoms with Gasteiger partial charge in [-0.15, -0.1) is 0 Å². The first-order valence-electron chi connectivity index (χ1n) is 5.51. The fourth-order valence-electron chi connectivity index (χ4n) is 1.60. The molecule has 0 aliphatic carbocycles. The van der Waals surface area contributed by atoms with E-state index < -0.39 is 0 Å². The Kier molecular flexibility index (Phi) is 5.29. The monoisotopic (exact) mass is 237 g/mol. The highest BCUT2D eigenvalue weighted by atomic mass is 16.5. The van der Waals surface area contributed by atoms with E-state index >= 15 is 0 Å². The lowest BCUT2D eigenvalue weighted by Gasteiger charge is -2.16. The fraction of sp³-hybridized carbons (Fsp3) is 0.417. The maximum Gasteiger partial charge on any atom is 0.140 e. The van der Waals surface area contributed by atoms with E-state index in [0.717, 1.165) is 11.3 Å². The van der Waals surface area contributed by atoms with Gasteiger partial charge in [0.05, 0.1) is 7.11 Å². The summed E-state index contributed by atoms with van der Waals surface area (Å²) in [5.74, 6) is 1.08. The summed E-state index contributed by atoms with van der Waals surface area (Å²) < 4.78 is 5.29. The molecule has 0 saturated carbocycles. The third kappa shape index (κ3) is 3.96. The summed E-state index contributed by atoms with van der Waals surface area (Å²) in [5, 5.41) is 14.6. The maximum atomic E-state index is 8.41. The molecule has 94 valence electrons. The molecule has 0 heterocycles. The van der Waals surface area contributed by atoms with Crippen molar-refractivity contribution < 1.29 is 9.94 Å². The minimum absolute atomic E-state index is 0.151. The Morgan fingerprint density at radius 3 is 2.88 bits per heavy atom. The number of ether oxygens (including phenoxy) is 1. The molecule has 0 spiro atoms. The molecule has 0 bridgehead atoms. The molecule has 0 radical (unpaired) electrons. The molecule has 5 heteroatoms. The van der Waals surface area contributed by atoms with E-state index in [0.29, 0.717) is 13.0 Å². The van der Waals surface area contributed by atoms with E-state index in [4.69, 9.17) is 15.7 Å². The van der Waals surface area contributed by atoms with Crippen LogP contribution in [0, 0.1) is 0 Å². The Balaban J connectivity index is 2.54. The van der Waals surface area contributed by atoms with Gasteiger partial charge in [-0.25, -0.2) is 0 Å². The molecule has 0 amide bonds. The molecule has 0 aliphatic heterocycles. The van der Waals surface area contributed by atoms with Gasteiger partial charge in [0.25, 0.3) is 0 Å². The van der Waals surface area contributed by atoms with Crippen LogP contribution in [0.3, 0.4) is 0 Å². The number of rotatable bonds is 6. The van der Waals surface area contributed by atoms with Crippen LogP contribution >= 0.6 is 0 Å². The maximum absolute atomic E-state index is 8.41. The van der Waals surface area contributed by atoms with Gasteiger partial charge < -0.3 is 21.0 Å². The molecule has 1 aromatic carbocycles. The van der Waals surface area contributed by atoms with Crippen molar-refractivity contribution in [3.63, 3.8) is 0 Å². The van der Waals surface area contributed by atoms with Gasteiger partial charge in [-0.3, -0.25) is 0 Å². The predicted molar refractivity (Wildman–Crippen MR) is 67.4 cm³/mol. The second kappa shape index (κ2) is 6.75. The number of oxime groups is 1. The normalized spacial score (nSPS) is 13.4. The number of amidine groups is 1. The van der Waals surface area contributed by atoms with E-state index in [1.807, 2.05) is 31.2 Å². The van der Waals surface area contributed by atoms with Crippen LogP contribution in [0.1, 0.15) is 24.9 Å². The van der Waals surface area contributed by atoms with Crippen LogP contribution in [0.4, 0.5) is 0 Å². The van der Waals surface area contributed by atoms with Crippen molar-refractivity contribution >= 4 is 5.84 Å². The zero-order chi connectivity index (χ0) is 12.7. The van der Waals surface area contributed by atoms with Crippen LogP contribution in [0.25, 0.3) is 0 Å². The Labute approximate surface area is 101 Å². The molecule has 17 heavy (non-hydrogen) atoms. The number of benzene rings is 1. The van der Waals surface area contributed by atoms with E-state index in [1.165, 1.54) is 0 Å². The van der Waals surface area contributed by atoms with Crippen molar-refractivity contribution in [1.29, 1.82) is 0 Å². The SMILES string of the molecule is COc1ccccc1[C@@H](C)NCC/C(N)=N/O. The summed E-state index contributed by atoms with van der Waals surface area (Å²) in [6, 6.07) is 8.00. The van der Waals surface area contributed by atoms with Gasteiger partial charge in [0, 0.05) is 24.6 Å². The Morgan fingerprint density at radius 2 is 2.24 bits per heavy atom. The van der Waals surface area contributed by atoms with Gasteiger partial charge in [0.2, 0.25) is 0 Å². The van der Waals surface area contributed by atoms with Crippen LogP contribution in [-0.4, -0.2) is 24.7 Å². The van der Waals surface area contributed by atoms with Crippen molar-refractivity contribution in [2.75, 3.05) is 13.7 Å². The van der Waals surface area contributed by atoms with E-state index in [1.54, 1.807) is 7.11 Å². The van der Waals surface area contributed by atoms with Crippen molar-refractivity contribution in [3.8, 4) is 5.75 Å². The molecule has 0 unspecified atom stereocenters. The molecule has 1 aromatic rings. The number of hydrogen-bond acceptors (Lipinski definition) is 4. The highest BCUT2D eigenvalue weighted by Crippen LogP contribution is 2.23. The van der Waals surface area contributed by atoms with E-state index in [-0.39, 0.29) is 11.9 Å². The van der Waals surface area contributed by atoms with Crippen LogP contribution in [0.2, 0.25) is 0 Å². The first-order valence-corrected chi connectivity index (χ1v) is 5.51. The molecule has 0 fully saturated rings. The number of hydrogen-bond donors (Lipinski definition) is 3. The average molecular weight is 237 g/mol. The highest BCUT2D eigenvalue weighted by Gasteiger charge is 2.09. The van der Waals surface area contributed by atoms with Crippen molar-refractivity contribution in [3.05, 3.63) is 29.8 Å². The molecular weight excluding hydrogens is 218 g/mol. The molecule has 1 rings (SSSR count). The predicted octanol–water partition coefficient (Wildman–Crippen LogP) is 1.48. The zero-order valence-electron chi connectivity index (χ0n) is 10.2. The topological polar surface area (TPSA) is 79.9 Å². The van der Waals surface area contributed by atoms with Gasteiger partial charge >= 0.3 is 0 Å². The number of nitrogens with one attached hydrogen (secondary N) is 1. The highest BCUT2D eigenvalue weighted by molar-refractivity contribution is 5.79. The molecule has 0 aromatic heterocycles. The van der Waals surface area contributed by atoms with Crippen LogP contribution < -0.4 is 15.8 Å². The van der Waals surface area contributed by atoms with E-state index in [9.17, 15) is 0 Å². The quantitative estimate of drug-likeness (QED) is 0.303. The zero-order valence-corrected chi connectivity index (χ0v) is 10.2. The summed E-state index contributed by atoms with van der Waals surface area (Å²) >= 11 is 0. The molecule has 4 N–H and O–H groups in total. The number of para-hydroxylation sites is 1. The average Bonchev–Trinajstić information content (AvgIpc) is 2.38. The smallest absolute Gasteiger partial charge is 0.140 e. The van der Waals surface area contributed by atoms with Gasteiger partial charge in [0.1, 0.15) is 11.6 Å². The second-order valence-electron chi connectivity index (χ2n) is 3.76. The Hall–Kier alpha value is -1.75. The van der Waals surface area contributed by atoms with Gasteiger partial charge in [-0.1, -0.05) is 23.4 Å².